The maximum absolute atomic E-state index is 10.8. The molecule has 1 aliphatic rings. The van der Waals surface area contributed by atoms with Gasteiger partial charge < -0.3 is 9.84 Å². The first-order valence-electron chi connectivity index (χ1n) is 6.92. The molecular weight excluding hydrogens is 306 g/mol. The van der Waals surface area contributed by atoms with Gasteiger partial charge in [0.05, 0.1) is 18.8 Å². The normalized spacial score (nSPS) is 20.2. The third-order valence-electron chi connectivity index (χ3n) is 3.91. The van der Waals surface area contributed by atoms with Crippen LogP contribution in [0.15, 0.2) is 28.7 Å². The van der Waals surface area contributed by atoms with Crippen LogP contribution in [0, 0.1) is 0 Å². The van der Waals surface area contributed by atoms with Crippen molar-refractivity contribution in [1.82, 2.24) is 4.90 Å². The molecule has 1 saturated heterocycles. The highest BCUT2D eigenvalue weighted by Crippen LogP contribution is 2.30. The first kappa shape index (κ1) is 15.0. The summed E-state index contributed by atoms with van der Waals surface area (Å²) in [5.41, 5.74) is 0.283. The van der Waals surface area contributed by atoms with Gasteiger partial charge in [0.25, 0.3) is 0 Å². The highest BCUT2D eigenvalue weighted by molar-refractivity contribution is 9.10. The first-order chi connectivity index (χ1) is 9.14. The van der Waals surface area contributed by atoms with Gasteiger partial charge in [0, 0.05) is 24.1 Å². The van der Waals surface area contributed by atoms with Gasteiger partial charge in [0.2, 0.25) is 0 Å². The fourth-order valence-electron chi connectivity index (χ4n) is 2.45. The molecule has 0 aromatic heterocycles. The fourth-order valence-corrected chi connectivity index (χ4v) is 2.72. The largest absolute Gasteiger partial charge is 0.385 e. The molecule has 1 atom stereocenters. The quantitative estimate of drug-likeness (QED) is 0.902. The van der Waals surface area contributed by atoms with Gasteiger partial charge >= 0.3 is 0 Å². The second-order valence-corrected chi connectivity index (χ2v) is 6.01. The average Bonchev–Trinajstić information content (AvgIpc) is 2.46. The highest BCUT2D eigenvalue weighted by Gasteiger charge is 2.27. The van der Waals surface area contributed by atoms with Crippen molar-refractivity contribution in [3.63, 3.8) is 0 Å². The number of aliphatic hydroxyl groups is 1. The van der Waals surface area contributed by atoms with Gasteiger partial charge in [-0.2, -0.15) is 0 Å². The molecule has 1 aromatic rings. The number of ether oxygens (including phenoxy) is 1. The molecule has 4 heteroatoms. The molecule has 0 unspecified atom stereocenters. The number of nitrogens with zero attached hydrogens (tertiary/aromatic N) is 1. The lowest BCUT2D eigenvalue weighted by Gasteiger charge is -2.32. The number of morpholine rings is 1. The van der Waals surface area contributed by atoms with Crippen LogP contribution >= 0.6 is 15.9 Å². The van der Waals surface area contributed by atoms with Crippen LogP contribution in [0.25, 0.3) is 0 Å². The van der Waals surface area contributed by atoms with Crippen LogP contribution in [0.3, 0.4) is 0 Å². The Balaban J connectivity index is 1.98. The van der Waals surface area contributed by atoms with Crippen molar-refractivity contribution in [2.45, 2.75) is 25.4 Å². The van der Waals surface area contributed by atoms with Crippen molar-refractivity contribution in [2.75, 3.05) is 32.8 Å². The Morgan fingerprint density at radius 2 is 1.89 bits per heavy atom. The van der Waals surface area contributed by atoms with E-state index in [0.29, 0.717) is 0 Å². The summed E-state index contributed by atoms with van der Waals surface area (Å²) in [7, 11) is 0. The van der Waals surface area contributed by atoms with Crippen LogP contribution in [-0.2, 0) is 10.3 Å². The molecule has 0 spiro atoms. The third kappa shape index (κ3) is 4.02. The topological polar surface area (TPSA) is 32.7 Å². The summed E-state index contributed by atoms with van der Waals surface area (Å²) in [5.74, 6) is 0. The van der Waals surface area contributed by atoms with Crippen molar-refractivity contribution >= 4 is 15.9 Å². The monoisotopic (exact) mass is 327 g/mol. The number of hydrogen-bond donors (Lipinski definition) is 1. The van der Waals surface area contributed by atoms with Crippen LogP contribution < -0.4 is 0 Å². The Hall–Kier alpha value is -0.420. The molecule has 1 N–H and O–H groups in total. The maximum Gasteiger partial charge on any atom is 0.0906 e. The van der Waals surface area contributed by atoms with Gasteiger partial charge in [-0.1, -0.05) is 35.0 Å². The van der Waals surface area contributed by atoms with E-state index in [4.69, 9.17) is 4.74 Å². The third-order valence-corrected chi connectivity index (χ3v) is 4.44. The molecule has 106 valence electrons. The molecule has 0 radical (unpaired) electrons. The Kier molecular flexibility index (Phi) is 5.39. The van der Waals surface area contributed by atoms with E-state index in [1.165, 1.54) is 0 Å². The van der Waals surface area contributed by atoms with Crippen molar-refractivity contribution < 1.29 is 9.84 Å². The van der Waals surface area contributed by atoms with Gasteiger partial charge in [0.1, 0.15) is 0 Å². The lowest BCUT2D eigenvalue weighted by molar-refractivity contribution is -0.00693. The van der Waals surface area contributed by atoms with Gasteiger partial charge in [-0.15, -0.1) is 0 Å². The second kappa shape index (κ2) is 6.84. The van der Waals surface area contributed by atoms with Gasteiger partial charge in [-0.05, 0) is 30.5 Å². The molecule has 1 aliphatic heterocycles. The fraction of sp³-hybridized carbons (Fsp3) is 0.600. The highest BCUT2D eigenvalue weighted by atomic mass is 79.9. The Morgan fingerprint density at radius 3 is 2.47 bits per heavy atom. The molecule has 1 heterocycles. The molecule has 0 aliphatic carbocycles. The van der Waals surface area contributed by atoms with Gasteiger partial charge in [0.15, 0.2) is 0 Å². The summed E-state index contributed by atoms with van der Waals surface area (Å²) in [5, 5.41) is 10.8. The van der Waals surface area contributed by atoms with Crippen molar-refractivity contribution in [3.8, 4) is 0 Å². The molecule has 0 saturated carbocycles. The van der Waals surface area contributed by atoms with Crippen molar-refractivity contribution in [1.29, 1.82) is 0 Å². The average molecular weight is 328 g/mol. The van der Waals surface area contributed by atoms with Gasteiger partial charge in [-0.25, -0.2) is 0 Å². The summed E-state index contributed by atoms with van der Waals surface area (Å²) >= 11 is 3.43. The summed E-state index contributed by atoms with van der Waals surface area (Å²) in [4.78, 5) is 2.36. The van der Waals surface area contributed by atoms with Crippen LogP contribution in [-0.4, -0.2) is 42.9 Å². The smallest absolute Gasteiger partial charge is 0.0906 e. The second-order valence-electron chi connectivity index (χ2n) is 5.10. The molecule has 19 heavy (non-hydrogen) atoms. The van der Waals surface area contributed by atoms with E-state index in [2.05, 4.69) is 20.8 Å². The summed E-state index contributed by atoms with van der Waals surface area (Å²) in [6.07, 6.45) is 1.50. The summed E-state index contributed by atoms with van der Waals surface area (Å²) < 4.78 is 6.39. The Labute approximate surface area is 123 Å². The van der Waals surface area contributed by atoms with E-state index in [-0.39, 0.29) is 0 Å². The Morgan fingerprint density at radius 1 is 1.26 bits per heavy atom. The molecule has 0 amide bonds. The molecule has 1 aromatic carbocycles. The number of rotatable bonds is 5. The standard InChI is InChI=1S/C15H22BrNO2/c1-2-15(18,13-3-5-14(16)6-4-13)7-8-17-9-11-19-12-10-17/h3-6,18H,2,7-12H2,1H3/t15-/m1/s1. The van der Waals surface area contributed by atoms with Crippen molar-refractivity contribution in [2.24, 2.45) is 0 Å². The van der Waals surface area contributed by atoms with E-state index < -0.39 is 5.60 Å². The summed E-state index contributed by atoms with van der Waals surface area (Å²) in [6, 6.07) is 8.00. The molecule has 0 bridgehead atoms. The summed E-state index contributed by atoms with van der Waals surface area (Å²) in [6.45, 7) is 6.52. The van der Waals surface area contributed by atoms with Crippen LogP contribution in [0.5, 0.6) is 0 Å². The maximum atomic E-state index is 10.8. The van der Waals surface area contributed by atoms with Gasteiger partial charge in [-0.3, -0.25) is 4.90 Å². The zero-order valence-corrected chi connectivity index (χ0v) is 13.0. The van der Waals surface area contributed by atoms with E-state index >= 15 is 0 Å². The predicted molar refractivity (Wildman–Crippen MR) is 80.2 cm³/mol. The predicted octanol–water partition coefficient (Wildman–Crippen LogP) is 2.77. The minimum atomic E-state index is -0.723. The number of hydrogen-bond acceptors (Lipinski definition) is 3. The van der Waals surface area contributed by atoms with Crippen LogP contribution in [0.4, 0.5) is 0 Å². The van der Waals surface area contributed by atoms with E-state index in [1.807, 2.05) is 31.2 Å². The SMILES string of the molecule is CC[C@@](O)(CCN1CCOCC1)c1ccc(Br)cc1. The zero-order chi connectivity index (χ0) is 13.7. The zero-order valence-electron chi connectivity index (χ0n) is 11.4. The lowest BCUT2D eigenvalue weighted by atomic mass is 9.88. The minimum Gasteiger partial charge on any atom is -0.385 e. The first-order valence-corrected chi connectivity index (χ1v) is 7.72. The minimum absolute atomic E-state index is 0.723. The number of halogens is 1. The van der Waals surface area contributed by atoms with Crippen LogP contribution in [0.1, 0.15) is 25.3 Å². The Bertz CT molecular complexity index is 390. The van der Waals surface area contributed by atoms with E-state index in [1.54, 1.807) is 0 Å². The number of benzene rings is 1. The van der Waals surface area contributed by atoms with Crippen LogP contribution in [0.2, 0.25) is 0 Å². The van der Waals surface area contributed by atoms with Crippen molar-refractivity contribution in [3.05, 3.63) is 34.3 Å². The van der Waals surface area contributed by atoms with E-state index in [0.717, 1.165) is 55.7 Å². The lowest BCUT2D eigenvalue weighted by Crippen LogP contribution is -2.39. The molecule has 3 nitrogen and oxygen atoms in total. The van der Waals surface area contributed by atoms with E-state index in [9.17, 15) is 5.11 Å². The molecule has 1 fully saturated rings. The molecule has 2 rings (SSSR count). The molecular formula is C15H22BrNO2.